The standard InChI is InChI=1S/C8H11NO3S/c1-7(6-13(10,11)12)8-4-2-3-5-9-8/h2-5,7H,6H2,1H3,(H,10,11,12). The first kappa shape index (κ1) is 10.1. The first-order valence-corrected chi connectivity index (χ1v) is 5.46. The van der Waals surface area contributed by atoms with Crippen LogP contribution in [0.15, 0.2) is 24.4 Å². The lowest BCUT2D eigenvalue weighted by Gasteiger charge is -2.07. The molecule has 1 heterocycles. The molecule has 0 aliphatic carbocycles. The molecule has 13 heavy (non-hydrogen) atoms. The van der Waals surface area contributed by atoms with Gasteiger partial charge in [-0.25, -0.2) is 0 Å². The molecule has 0 saturated heterocycles. The maximum Gasteiger partial charge on any atom is 0.265 e. The van der Waals surface area contributed by atoms with Gasteiger partial charge in [-0.15, -0.1) is 0 Å². The molecule has 1 atom stereocenters. The minimum atomic E-state index is -3.91. The highest BCUT2D eigenvalue weighted by Gasteiger charge is 2.14. The summed E-state index contributed by atoms with van der Waals surface area (Å²) in [5.41, 5.74) is 0.667. The van der Waals surface area contributed by atoms with Gasteiger partial charge in [0, 0.05) is 17.8 Å². The zero-order valence-electron chi connectivity index (χ0n) is 7.21. The molecule has 1 rings (SSSR count). The predicted octanol–water partition coefficient (Wildman–Crippen LogP) is 1.07. The molecule has 72 valence electrons. The van der Waals surface area contributed by atoms with Crippen molar-refractivity contribution in [3.05, 3.63) is 30.1 Å². The number of hydrogen-bond acceptors (Lipinski definition) is 3. The summed E-state index contributed by atoms with van der Waals surface area (Å²) in [4.78, 5) is 3.99. The third kappa shape index (κ3) is 3.52. The quantitative estimate of drug-likeness (QED) is 0.743. The van der Waals surface area contributed by atoms with Crippen LogP contribution in [0.5, 0.6) is 0 Å². The third-order valence-electron chi connectivity index (χ3n) is 1.65. The number of pyridine rings is 1. The average Bonchev–Trinajstić information content (AvgIpc) is 2.03. The minimum absolute atomic E-state index is 0.281. The van der Waals surface area contributed by atoms with Crippen LogP contribution in [0.3, 0.4) is 0 Å². The fourth-order valence-corrected chi connectivity index (χ4v) is 1.87. The van der Waals surface area contributed by atoms with Crippen LogP contribution < -0.4 is 0 Å². The Balaban J connectivity index is 2.76. The summed E-state index contributed by atoms with van der Waals surface area (Å²) < 4.78 is 29.7. The first-order valence-electron chi connectivity index (χ1n) is 3.85. The topological polar surface area (TPSA) is 67.3 Å². The van der Waals surface area contributed by atoms with Gasteiger partial charge < -0.3 is 0 Å². The van der Waals surface area contributed by atoms with E-state index in [-0.39, 0.29) is 11.7 Å². The molecule has 0 aliphatic rings. The summed E-state index contributed by atoms with van der Waals surface area (Å²) in [5, 5.41) is 0. The van der Waals surface area contributed by atoms with Gasteiger partial charge in [0.05, 0.1) is 5.75 Å². The van der Waals surface area contributed by atoms with Crippen molar-refractivity contribution >= 4 is 10.1 Å². The Bertz CT molecular complexity index is 360. The first-order chi connectivity index (χ1) is 5.99. The molecule has 1 N–H and O–H groups in total. The maximum absolute atomic E-state index is 10.5. The van der Waals surface area contributed by atoms with E-state index in [1.165, 1.54) is 0 Å². The lowest BCUT2D eigenvalue weighted by atomic mass is 10.1. The smallest absolute Gasteiger partial charge is 0.265 e. The minimum Gasteiger partial charge on any atom is -0.286 e. The number of rotatable bonds is 3. The molecule has 0 fully saturated rings. The zero-order valence-corrected chi connectivity index (χ0v) is 8.03. The molecular formula is C8H11NO3S. The van der Waals surface area contributed by atoms with Crippen LogP contribution in [0.2, 0.25) is 0 Å². The van der Waals surface area contributed by atoms with E-state index in [1.54, 1.807) is 31.3 Å². The van der Waals surface area contributed by atoms with Gasteiger partial charge in [-0.05, 0) is 12.1 Å². The highest BCUT2D eigenvalue weighted by molar-refractivity contribution is 7.85. The van der Waals surface area contributed by atoms with Crippen molar-refractivity contribution in [2.75, 3.05) is 5.75 Å². The van der Waals surface area contributed by atoms with Crippen LogP contribution in [0.1, 0.15) is 18.5 Å². The van der Waals surface area contributed by atoms with Gasteiger partial charge in [0.15, 0.2) is 0 Å². The number of hydrogen-bond donors (Lipinski definition) is 1. The molecule has 0 amide bonds. The van der Waals surface area contributed by atoms with E-state index in [0.717, 1.165) is 0 Å². The summed E-state index contributed by atoms with van der Waals surface area (Å²) in [6, 6.07) is 5.27. The fraction of sp³-hybridized carbons (Fsp3) is 0.375. The Morgan fingerprint density at radius 2 is 2.23 bits per heavy atom. The van der Waals surface area contributed by atoms with Gasteiger partial charge in [0.1, 0.15) is 0 Å². The van der Waals surface area contributed by atoms with Gasteiger partial charge >= 0.3 is 0 Å². The van der Waals surface area contributed by atoms with Crippen LogP contribution >= 0.6 is 0 Å². The lowest BCUT2D eigenvalue weighted by molar-refractivity contribution is 0.478. The van der Waals surface area contributed by atoms with Gasteiger partial charge in [0.2, 0.25) is 0 Å². The van der Waals surface area contributed by atoms with Crippen molar-refractivity contribution in [3.8, 4) is 0 Å². The Hall–Kier alpha value is -0.940. The molecule has 5 heteroatoms. The van der Waals surface area contributed by atoms with E-state index >= 15 is 0 Å². The molecule has 0 bridgehead atoms. The highest BCUT2D eigenvalue weighted by Crippen LogP contribution is 2.13. The van der Waals surface area contributed by atoms with Crippen LogP contribution in [-0.4, -0.2) is 23.7 Å². The Kier molecular flexibility index (Phi) is 3.00. The second kappa shape index (κ2) is 3.85. The lowest BCUT2D eigenvalue weighted by Crippen LogP contribution is -2.11. The Labute approximate surface area is 77.4 Å². The fourth-order valence-electron chi connectivity index (χ4n) is 1.07. The summed E-state index contributed by atoms with van der Waals surface area (Å²) in [5.74, 6) is -0.569. The van der Waals surface area contributed by atoms with Crippen molar-refractivity contribution < 1.29 is 13.0 Å². The summed E-state index contributed by atoms with van der Waals surface area (Å²) in [7, 11) is -3.91. The summed E-state index contributed by atoms with van der Waals surface area (Å²) >= 11 is 0. The van der Waals surface area contributed by atoms with Crippen LogP contribution in [0.25, 0.3) is 0 Å². The molecule has 1 unspecified atom stereocenters. The largest absolute Gasteiger partial charge is 0.286 e. The molecule has 0 radical (unpaired) electrons. The normalized spacial score (nSPS) is 14.0. The average molecular weight is 201 g/mol. The molecule has 1 aromatic heterocycles. The predicted molar refractivity (Wildman–Crippen MR) is 49.1 cm³/mol. The SMILES string of the molecule is CC(CS(=O)(=O)O)c1ccccn1. The van der Waals surface area contributed by atoms with Gasteiger partial charge in [-0.3, -0.25) is 9.54 Å². The molecule has 1 aromatic rings. The summed E-state index contributed by atoms with van der Waals surface area (Å²) in [6.45, 7) is 1.70. The second-order valence-corrected chi connectivity index (χ2v) is 4.40. The maximum atomic E-state index is 10.5. The third-order valence-corrected chi connectivity index (χ3v) is 2.57. The summed E-state index contributed by atoms with van der Waals surface area (Å²) in [6.07, 6.45) is 1.59. The second-order valence-electron chi connectivity index (χ2n) is 2.90. The van der Waals surface area contributed by atoms with Gasteiger partial charge in [0.25, 0.3) is 10.1 Å². The monoisotopic (exact) mass is 201 g/mol. The van der Waals surface area contributed by atoms with Crippen LogP contribution in [0, 0.1) is 0 Å². The van der Waals surface area contributed by atoms with Crippen molar-refractivity contribution in [3.63, 3.8) is 0 Å². The number of nitrogens with zero attached hydrogens (tertiary/aromatic N) is 1. The van der Waals surface area contributed by atoms with Crippen LogP contribution in [0.4, 0.5) is 0 Å². The molecular weight excluding hydrogens is 190 g/mol. The molecule has 0 spiro atoms. The van der Waals surface area contributed by atoms with E-state index in [4.69, 9.17) is 4.55 Å². The zero-order chi connectivity index (χ0) is 9.90. The molecule has 0 saturated carbocycles. The van der Waals surface area contributed by atoms with E-state index in [9.17, 15) is 8.42 Å². The molecule has 0 aromatic carbocycles. The van der Waals surface area contributed by atoms with E-state index < -0.39 is 10.1 Å². The molecule has 0 aliphatic heterocycles. The van der Waals surface area contributed by atoms with Crippen LogP contribution in [-0.2, 0) is 10.1 Å². The van der Waals surface area contributed by atoms with Gasteiger partial charge in [-0.2, -0.15) is 8.42 Å². The van der Waals surface area contributed by atoms with Crippen molar-refractivity contribution in [2.24, 2.45) is 0 Å². The van der Waals surface area contributed by atoms with Crippen molar-refractivity contribution in [1.82, 2.24) is 4.98 Å². The Morgan fingerprint density at radius 3 is 2.69 bits per heavy atom. The van der Waals surface area contributed by atoms with E-state index in [1.807, 2.05) is 0 Å². The Morgan fingerprint density at radius 1 is 1.54 bits per heavy atom. The number of aromatic nitrogens is 1. The van der Waals surface area contributed by atoms with Crippen molar-refractivity contribution in [1.29, 1.82) is 0 Å². The van der Waals surface area contributed by atoms with E-state index in [0.29, 0.717) is 5.69 Å². The van der Waals surface area contributed by atoms with Crippen molar-refractivity contribution in [2.45, 2.75) is 12.8 Å². The highest BCUT2D eigenvalue weighted by atomic mass is 32.2. The van der Waals surface area contributed by atoms with Gasteiger partial charge in [-0.1, -0.05) is 13.0 Å². The van der Waals surface area contributed by atoms with E-state index in [2.05, 4.69) is 4.98 Å². The molecule has 4 nitrogen and oxygen atoms in total.